The van der Waals surface area contributed by atoms with Crippen molar-refractivity contribution in [1.82, 2.24) is 9.38 Å². The fraction of sp³-hybridized carbons (Fsp3) is 0.464. The number of anilines is 2. The molecule has 4 bridgehead atoms. The van der Waals surface area contributed by atoms with Crippen LogP contribution < -0.4 is 15.8 Å². The first-order valence-electron chi connectivity index (χ1n) is 12.7. The lowest BCUT2D eigenvalue weighted by atomic mass is 9.63. The Bertz CT molecular complexity index is 1370. The molecule has 2 aliphatic carbocycles. The van der Waals surface area contributed by atoms with Gasteiger partial charge in [0.1, 0.15) is 11.5 Å². The number of aryl methyl sites for hydroxylation is 1. The van der Waals surface area contributed by atoms with E-state index < -0.39 is 5.97 Å². The molecule has 1 aromatic carbocycles. The number of nitrogens with zero attached hydrogens (tertiary/aromatic N) is 3. The summed E-state index contributed by atoms with van der Waals surface area (Å²) >= 11 is 0. The van der Waals surface area contributed by atoms with E-state index in [2.05, 4.69) is 10.2 Å². The van der Waals surface area contributed by atoms with Crippen molar-refractivity contribution in [1.29, 1.82) is 0 Å². The molecule has 2 aromatic heterocycles. The molecule has 4 fully saturated rings. The molecule has 7 heteroatoms. The Morgan fingerprint density at radius 2 is 1.74 bits per heavy atom. The fourth-order valence-electron chi connectivity index (χ4n) is 7.04. The van der Waals surface area contributed by atoms with Crippen LogP contribution in [0.3, 0.4) is 0 Å². The van der Waals surface area contributed by atoms with Gasteiger partial charge in [0.25, 0.3) is 5.56 Å². The van der Waals surface area contributed by atoms with E-state index in [4.69, 9.17) is 4.98 Å². The van der Waals surface area contributed by atoms with Crippen molar-refractivity contribution in [3.05, 3.63) is 69.1 Å². The minimum atomic E-state index is -0.976. The van der Waals surface area contributed by atoms with Crippen molar-refractivity contribution in [2.45, 2.75) is 71.0 Å². The minimum absolute atomic E-state index is 0.0260. The lowest BCUT2D eigenvalue weighted by molar-refractivity contribution is 0.0698. The van der Waals surface area contributed by atoms with Gasteiger partial charge in [-0.05, 0) is 88.5 Å². The molecule has 3 aromatic rings. The molecule has 0 spiro atoms. The Balaban J connectivity index is 1.46. The predicted octanol–water partition coefficient (Wildman–Crippen LogP) is 4.95. The maximum atomic E-state index is 13.6. The van der Waals surface area contributed by atoms with Gasteiger partial charge < -0.3 is 15.3 Å². The summed E-state index contributed by atoms with van der Waals surface area (Å²) in [7, 11) is 0. The molecule has 0 radical (unpaired) electrons. The van der Waals surface area contributed by atoms with Crippen LogP contribution in [-0.2, 0) is 0 Å². The molecular weight excluding hydrogens is 440 g/mol. The van der Waals surface area contributed by atoms with Crippen molar-refractivity contribution in [2.75, 3.05) is 10.2 Å². The predicted molar refractivity (Wildman–Crippen MR) is 136 cm³/mol. The van der Waals surface area contributed by atoms with Crippen LogP contribution in [0.4, 0.5) is 11.5 Å². The number of carboxylic acids is 1. The number of carbonyl (C=O) groups is 1. The number of aromatic nitrogens is 2. The van der Waals surface area contributed by atoms with Crippen molar-refractivity contribution in [3.8, 4) is 0 Å². The second-order valence-corrected chi connectivity index (χ2v) is 10.9. The number of carboxylic acid groups (broad SMARTS) is 1. The highest BCUT2D eigenvalue weighted by Crippen LogP contribution is 2.50. The summed E-state index contributed by atoms with van der Waals surface area (Å²) in [6.45, 7) is 5.87. The molecule has 2 aliphatic heterocycles. The Morgan fingerprint density at radius 3 is 2.40 bits per heavy atom. The number of fused-ring (bicyclic) bond motifs is 1. The number of hydrogen-bond acceptors (Lipinski definition) is 5. The highest BCUT2D eigenvalue weighted by Gasteiger charge is 2.47. The number of hydrogen-bond donors (Lipinski definition) is 2. The molecule has 2 saturated carbocycles. The van der Waals surface area contributed by atoms with Gasteiger partial charge in [-0.2, -0.15) is 0 Å². The van der Waals surface area contributed by atoms with E-state index in [1.807, 2.05) is 39.1 Å². The van der Waals surface area contributed by atoms with Crippen LogP contribution >= 0.6 is 0 Å². The molecule has 0 amide bonds. The van der Waals surface area contributed by atoms with Gasteiger partial charge in [0, 0.05) is 29.5 Å². The molecule has 0 unspecified atom stereocenters. The number of benzene rings is 1. The second-order valence-electron chi connectivity index (χ2n) is 10.9. The van der Waals surface area contributed by atoms with E-state index in [1.165, 1.54) is 32.1 Å². The largest absolute Gasteiger partial charge is 0.478 e. The molecule has 1 atom stereocenters. The number of nitrogens with one attached hydrogen (secondary N) is 1. The summed E-state index contributed by atoms with van der Waals surface area (Å²) in [4.78, 5) is 33.0. The van der Waals surface area contributed by atoms with Crippen LogP contribution in [0.5, 0.6) is 0 Å². The average Bonchev–Trinajstić information content (AvgIpc) is 2.81. The lowest BCUT2D eigenvalue weighted by Gasteiger charge is -2.57. The lowest BCUT2D eigenvalue weighted by Crippen LogP contribution is -2.59. The third kappa shape index (κ3) is 3.60. The summed E-state index contributed by atoms with van der Waals surface area (Å²) in [5.41, 5.74) is 3.93. The normalized spacial score (nSPS) is 25.7. The molecular formula is C28H32N4O3. The van der Waals surface area contributed by atoms with Crippen LogP contribution in [0.25, 0.3) is 5.65 Å². The van der Waals surface area contributed by atoms with Gasteiger partial charge in [-0.1, -0.05) is 12.1 Å². The molecule has 35 heavy (non-hydrogen) atoms. The van der Waals surface area contributed by atoms with Gasteiger partial charge in [0.2, 0.25) is 0 Å². The molecule has 4 aliphatic rings. The molecule has 2 saturated heterocycles. The van der Waals surface area contributed by atoms with Gasteiger partial charge in [0.05, 0.1) is 17.2 Å². The van der Waals surface area contributed by atoms with E-state index in [-0.39, 0.29) is 17.2 Å². The highest BCUT2D eigenvalue weighted by atomic mass is 16.4. The van der Waals surface area contributed by atoms with Crippen LogP contribution in [-0.4, -0.2) is 32.5 Å². The van der Waals surface area contributed by atoms with E-state index in [9.17, 15) is 14.7 Å². The number of rotatable bonds is 5. The second kappa shape index (κ2) is 8.11. The van der Waals surface area contributed by atoms with Gasteiger partial charge in [0.15, 0.2) is 0 Å². The zero-order valence-corrected chi connectivity index (χ0v) is 20.5. The summed E-state index contributed by atoms with van der Waals surface area (Å²) in [5, 5.41) is 13.0. The highest BCUT2D eigenvalue weighted by molar-refractivity contribution is 5.94. The first-order valence-corrected chi connectivity index (χ1v) is 12.7. The SMILES string of the molecule is Cc1cc([C@@H](C)Nc2ccccc2C(=O)O)c2nc(N3C4CC5CC(C4)CC3C5)c(C)c(=O)n2c1. The standard InChI is InChI=1S/C28H32N4O3/c1-15-8-23(17(3)29-24-7-5-4-6-22(24)28(34)35)26-30-25(16(2)27(33)31(26)14-15)32-20-10-18-9-19(12-20)13-21(32)11-18/h4-8,14,17-21,29H,9-13H2,1-3H3,(H,34,35)/t17-,18?,19?,20?,21?/m1/s1. The zero-order valence-electron chi connectivity index (χ0n) is 20.5. The maximum absolute atomic E-state index is 13.6. The Hall–Kier alpha value is -3.35. The number of piperidine rings is 2. The van der Waals surface area contributed by atoms with E-state index in [0.29, 0.717) is 29.0 Å². The maximum Gasteiger partial charge on any atom is 0.337 e. The molecule has 7 rings (SSSR count). The van der Waals surface area contributed by atoms with Crippen LogP contribution in [0.15, 0.2) is 41.3 Å². The summed E-state index contributed by atoms with van der Waals surface area (Å²) < 4.78 is 1.67. The van der Waals surface area contributed by atoms with Crippen molar-refractivity contribution in [2.24, 2.45) is 11.8 Å². The van der Waals surface area contributed by atoms with Crippen LogP contribution in [0.1, 0.15) is 72.1 Å². The smallest absolute Gasteiger partial charge is 0.337 e. The van der Waals surface area contributed by atoms with E-state index in [1.54, 1.807) is 22.6 Å². The fourth-order valence-corrected chi connectivity index (χ4v) is 7.04. The van der Waals surface area contributed by atoms with E-state index >= 15 is 0 Å². The summed E-state index contributed by atoms with van der Waals surface area (Å²) in [5.74, 6) is 1.52. The molecule has 7 nitrogen and oxygen atoms in total. The number of pyridine rings is 1. The molecule has 2 N–H and O–H groups in total. The third-order valence-electron chi connectivity index (χ3n) is 8.40. The topological polar surface area (TPSA) is 86.9 Å². The van der Waals surface area contributed by atoms with Crippen LogP contribution in [0.2, 0.25) is 0 Å². The zero-order chi connectivity index (χ0) is 24.4. The number of aromatic carboxylic acids is 1. The van der Waals surface area contributed by atoms with Crippen molar-refractivity contribution < 1.29 is 9.90 Å². The van der Waals surface area contributed by atoms with Crippen molar-refractivity contribution in [3.63, 3.8) is 0 Å². The quantitative estimate of drug-likeness (QED) is 0.546. The summed E-state index contributed by atoms with van der Waals surface area (Å²) in [6, 6.07) is 9.66. The first kappa shape index (κ1) is 22.1. The third-order valence-corrected chi connectivity index (χ3v) is 8.40. The Labute approximate surface area is 204 Å². The monoisotopic (exact) mass is 472 g/mol. The van der Waals surface area contributed by atoms with Crippen molar-refractivity contribution >= 4 is 23.1 Å². The Morgan fingerprint density at radius 1 is 1.09 bits per heavy atom. The first-order chi connectivity index (χ1) is 16.8. The molecule has 182 valence electrons. The summed E-state index contributed by atoms with van der Waals surface area (Å²) in [6.07, 6.45) is 8.06. The minimum Gasteiger partial charge on any atom is -0.478 e. The van der Waals surface area contributed by atoms with E-state index in [0.717, 1.165) is 28.8 Å². The van der Waals surface area contributed by atoms with Gasteiger partial charge >= 0.3 is 5.97 Å². The van der Waals surface area contributed by atoms with Gasteiger partial charge in [-0.25, -0.2) is 9.78 Å². The van der Waals surface area contributed by atoms with Gasteiger partial charge in [-0.3, -0.25) is 9.20 Å². The average molecular weight is 473 g/mol. The number of para-hydroxylation sites is 1. The Kier molecular flexibility index (Phi) is 5.13. The molecule has 4 heterocycles. The van der Waals surface area contributed by atoms with Gasteiger partial charge in [-0.15, -0.1) is 0 Å². The van der Waals surface area contributed by atoms with Crippen LogP contribution in [0, 0.1) is 25.7 Å².